The van der Waals surface area contributed by atoms with Gasteiger partial charge >= 0.3 is 6.09 Å². The van der Waals surface area contributed by atoms with Crippen LogP contribution < -0.4 is 26.6 Å². The summed E-state index contributed by atoms with van der Waals surface area (Å²) in [5.74, 6) is 0.786. The van der Waals surface area contributed by atoms with Crippen molar-refractivity contribution < 1.29 is 66.7 Å². The Hall–Kier alpha value is -8.91. The van der Waals surface area contributed by atoms with E-state index >= 15 is 0 Å². The van der Waals surface area contributed by atoms with Crippen molar-refractivity contribution in [2.24, 2.45) is 15.4 Å². The Bertz CT molecular complexity index is 4750. The van der Waals surface area contributed by atoms with E-state index in [2.05, 4.69) is 92.3 Å². The predicted molar refractivity (Wildman–Crippen MR) is 470 cm³/mol. The van der Waals surface area contributed by atoms with Gasteiger partial charge in [0.1, 0.15) is 51.9 Å². The lowest BCUT2D eigenvalue weighted by Gasteiger charge is -2.35. The second-order valence-corrected chi connectivity index (χ2v) is 35.3. The van der Waals surface area contributed by atoms with Crippen LogP contribution in [-0.4, -0.2) is 240 Å². The van der Waals surface area contributed by atoms with Crippen LogP contribution in [0.4, 0.5) is 4.79 Å². The Morgan fingerprint density at radius 1 is 0.579 bits per heavy atom. The maximum absolute atomic E-state index is 14.9. The summed E-state index contributed by atoms with van der Waals surface area (Å²) in [6.07, 6.45) is -1.44. The van der Waals surface area contributed by atoms with Crippen molar-refractivity contribution in [3.63, 3.8) is 0 Å². The molecule has 0 saturated carbocycles. The minimum absolute atomic E-state index is 0.0164. The van der Waals surface area contributed by atoms with Crippen LogP contribution in [-0.2, 0) is 61.9 Å². The molecule has 3 aromatic carbocycles. The number of thiol groups is 1. The molecule has 650 valence electrons. The summed E-state index contributed by atoms with van der Waals surface area (Å²) in [6.45, 7) is 25.2. The van der Waals surface area contributed by atoms with Crippen molar-refractivity contribution in [3.05, 3.63) is 166 Å². The van der Waals surface area contributed by atoms with E-state index < -0.39 is 65.5 Å². The average molecular weight is 1780 g/mol. The van der Waals surface area contributed by atoms with Crippen LogP contribution in [0, 0.1) is 53.9 Å². The number of thiophene rings is 2. The molecule has 0 spiro atoms. The van der Waals surface area contributed by atoms with Crippen molar-refractivity contribution in [1.82, 2.24) is 70.9 Å². The van der Waals surface area contributed by atoms with Crippen LogP contribution in [0.15, 0.2) is 88.3 Å². The fraction of sp³-hybridized carbons (Fsp3) is 0.506. The summed E-state index contributed by atoms with van der Waals surface area (Å²) in [4.78, 5) is 118. The third-order valence-corrected chi connectivity index (χ3v) is 25.0. The van der Waals surface area contributed by atoms with Crippen molar-refractivity contribution >= 4 is 123 Å². The highest BCUT2D eigenvalue weighted by molar-refractivity contribution is 7.80. The zero-order chi connectivity index (χ0) is 86.4. The number of hydrogen-bond acceptors (Lipinski definition) is 25. The van der Waals surface area contributed by atoms with Gasteiger partial charge in [0.05, 0.1) is 132 Å². The van der Waals surface area contributed by atoms with Crippen LogP contribution in [0.25, 0.3) is 20.4 Å². The number of fused-ring (bicyclic) bond motifs is 6. The topological polar surface area (TPSA) is 350 Å². The van der Waals surface area contributed by atoms with Gasteiger partial charge in [0, 0.05) is 99.8 Å². The largest absolute Gasteiger partial charge is 0.444 e. The number of likely N-dealkylation sites (tertiary alicyclic amines) is 1. The first-order valence-corrected chi connectivity index (χ1v) is 44.5. The summed E-state index contributed by atoms with van der Waals surface area (Å²) in [5, 5.41) is 35.5. The van der Waals surface area contributed by atoms with Gasteiger partial charge in [0.15, 0.2) is 11.6 Å². The number of thiazole rings is 1. The quantitative estimate of drug-likeness (QED) is 0.0153. The van der Waals surface area contributed by atoms with Gasteiger partial charge in [0.25, 0.3) is 0 Å². The first-order valence-electron chi connectivity index (χ1n) is 40.6. The number of aryl methyl sites for hydroxylation is 5. The molecule has 8 aromatic rings. The number of aliphatic imine (C=N–C) groups is 2. The highest BCUT2D eigenvalue weighted by Crippen LogP contribution is 2.42. The minimum Gasteiger partial charge on any atom is -0.444 e. The zero-order valence-corrected chi connectivity index (χ0v) is 75.1. The third kappa shape index (κ3) is 24.8. The summed E-state index contributed by atoms with van der Waals surface area (Å²) >= 11 is 21.6. The number of carbonyl (C=O) groups excluding carboxylic acids is 7. The molecule has 0 radical (unpaired) electrons. The minimum atomic E-state index is -1.12. The van der Waals surface area contributed by atoms with Crippen molar-refractivity contribution in [2.75, 3.05) is 124 Å². The number of carbonyl (C=O) groups is 7. The highest BCUT2D eigenvalue weighted by Gasteiger charge is 2.47. The molecule has 1 saturated heterocycles. The van der Waals surface area contributed by atoms with Gasteiger partial charge in [-0.15, -0.1) is 54.4 Å². The second kappa shape index (κ2) is 44.4. The number of alkyl carbamates (subject to hydrolysis) is 1. The van der Waals surface area contributed by atoms with Crippen LogP contribution in [0.5, 0.6) is 0 Å². The molecule has 1 fully saturated rings. The number of halogens is 2. The molecule has 3 aliphatic rings. The van der Waals surface area contributed by atoms with Crippen molar-refractivity contribution in [3.8, 4) is 20.4 Å². The smallest absolute Gasteiger partial charge is 0.407 e. The summed E-state index contributed by atoms with van der Waals surface area (Å²) in [7, 11) is 0. The predicted octanol–water partition coefficient (Wildman–Crippen LogP) is 11.2. The molecule has 5 N–H and O–H groups in total. The van der Waals surface area contributed by atoms with Gasteiger partial charge in [0.2, 0.25) is 35.4 Å². The molecule has 36 heteroatoms. The van der Waals surface area contributed by atoms with E-state index in [0.29, 0.717) is 39.1 Å². The zero-order valence-electron chi connectivity index (χ0n) is 70.2. The molecule has 3 aliphatic heterocycles. The number of aromatic nitrogens is 7. The van der Waals surface area contributed by atoms with Crippen molar-refractivity contribution in [1.29, 1.82) is 0 Å². The number of rotatable bonds is 43. The molecule has 7 amide bonds. The molecular weight excluding hydrogens is 1670 g/mol. The van der Waals surface area contributed by atoms with Gasteiger partial charge in [-0.1, -0.05) is 92.5 Å². The maximum atomic E-state index is 14.9. The third-order valence-electron chi connectivity index (χ3n) is 21.0. The Morgan fingerprint density at radius 3 is 1.51 bits per heavy atom. The van der Waals surface area contributed by atoms with Crippen LogP contribution in [0.1, 0.15) is 162 Å². The fourth-order valence-corrected chi connectivity index (χ4v) is 17.9. The molecule has 121 heavy (non-hydrogen) atoms. The standard InChI is InChI=1S/C85H108Cl2N16O14S4/c1-50-54(5)120-82-72(50)74(59-19-23-62(86)24-20-59)93-65(78-98-96-56(7)102(78)82)46-69(105)88-27-32-111-36-40-115-42-38-113-34-30-100(31-35-114-39-43-116-41-37-112-33-28-89-70(106)47-66-79-99-97-57(8)103(79)83-73(51(2)55(6)121-83)75(94-66)60-21-25-63(87)26-22-60)71(107)14-12-13-68(104)95-77(85(9,10)11)81(109)101-48-64(117-84(110)90-29-44-118)45-67(101)80(108)92-52(3)58-15-17-61(18-16-58)76-53(4)91-49-119-76/h15-26,49,52,64-67,77,118H,12-14,27-48H2,1-11H3,(H,88,105)(H,89,106)(H,90,110)(H,92,108)(H,95,104)/t52-,64+,65-,66-,67-,77+/m0/s1. The second-order valence-electron chi connectivity index (χ2n) is 30.7. The molecule has 6 atom stereocenters. The molecule has 0 unspecified atom stereocenters. The van der Waals surface area contributed by atoms with Crippen molar-refractivity contribution in [2.45, 2.75) is 151 Å². The summed E-state index contributed by atoms with van der Waals surface area (Å²) in [5.41, 5.74) is 11.1. The molecule has 0 bridgehead atoms. The number of hydrogen-bond donors (Lipinski definition) is 6. The lowest BCUT2D eigenvalue weighted by Crippen LogP contribution is -2.57. The van der Waals surface area contributed by atoms with E-state index in [0.717, 1.165) is 86.3 Å². The Balaban J connectivity index is 0.626. The normalized spacial score (nSPS) is 16.0. The Kier molecular flexibility index (Phi) is 34.1. The van der Waals surface area contributed by atoms with Gasteiger partial charge in [-0.2, -0.15) is 12.6 Å². The number of nitrogens with zero attached hydrogens (tertiary/aromatic N) is 11. The molecule has 5 aromatic heterocycles. The number of ether oxygens (including phenoxy) is 7. The fourth-order valence-electron chi connectivity index (χ4n) is 14.3. The van der Waals surface area contributed by atoms with E-state index in [4.69, 9.17) is 66.3 Å². The Morgan fingerprint density at radius 2 is 1.05 bits per heavy atom. The van der Waals surface area contributed by atoms with E-state index in [-0.39, 0.29) is 175 Å². The van der Waals surface area contributed by atoms with Gasteiger partial charge < -0.3 is 69.5 Å². The molecule has 0 aliphatic carbocycles. The monoisotopic (exact) mass is 1770 g/mol. The SMILES string of the molecule is Cc1ncsc1-c1ccc([C@H](C)NC(=O)[C@@H]2C[C@@H](OC(=O)NCCS)CN2C(=O)[C@@H](NC(=O)CCCC(=O)N(CCOCCOCCOCCNC(=O)C[C@@H]2N=C(c3ccc(Cl)cc3)c3c(sc(C)c3C)-n3c(C)nnc32)CCOCCOCCOCCNC(=O)C[C@@H]2N=C(c3ccc(Cl)cc3)c3c(sc(C)c3C)-n3c(C)nnc32)C(C)(C)C)cc1. The van der Waals surface area contributed by atoms with E-state index in [1.807, 2.05) is 130 Å². The lowest BCUT2D eigenvalue weighted by molar-refractivity contribution is -0.144. The molecular formula is C85H108Cl2N16O14S4. The van der Waals surface area contributed by atoms with Gasteiger partial charge in [-0.25, -0.2) is 9.78 Å². The van der Waals surface area contributed by atoms with Crippen LogP contribution in [0.3, 0.4) is 0 Å². The molecule has 8 heterocycles. The number of amides is 7. The first-order chi connectivity index (χ1) is 58.2. The van der Waals surface area contributed by atoms with Gasteiger partial charge in [-0.3, -0.25) is 47.9 Å². The van der Waals surface area contributed by atoms with E-state index in [9.17, 15) is 33.6 Å². The lowest BCUT2D eigenvalue weighted by atomic mass is 9.85. The maximum Gasteiger partial charge on any atom is 0.407 e. The van der Waals surface area contributed by atoms with E-state index in [1.165, 1.54) is 4.90 Å². The highest BCUT2D eigenvalue weighted by atomic mass is 35.5. The number of nitrogens with one attached hydrogen (secondary N) is 5. The van der Waals surface area contributed by atoms with Crippen LogP contribution in [0.2, 0.25) is 10.0 Å². The average Bonchev–Trinajstić information content (AvgIpc) is 1.59. The van der Waals surface area contributed by atoms with Crippen LogP contribution >= 0.6 is 69.8 Å². The summed E-state index contributed by atoms with van der Waals surface area (Å²) < 4.78 is 44.9. The summed E-state index contributed by atoms with van der Waals surface area (Å²) in [6, 6.07) is 19.0. The molecule has 30 nitrogen and oxygen atoms in total. The van der Waals surface area contributed by atoms with Gasteiger partial charge in [-0.05, 0) is 114 Å². The molecule has 11 rings (SSSR count). The first kappa shape index (κ1) is 92.8. The van der Waals surface area contributed by atoms with E-state index in [1.54, 1.807) is 44.4 Å². The number of benzene rings is 3. The Labute approximate surface area is 732 Å².